The maximum atomic E-state index is 10.4. The summed E-state index contributed by atoms with van der Waals surface area (Å²) >= 11 is -5.12. The van der Waals surface area contributed by atoms with Gasteiger partial charge >= 0.3 is 78.3 Å². The van der Waals surface area contributed by atoms with Crippen molar-refractivity contribution in [2.75, 3.05) is 27.9 Å². The first kappa shape index (κ1) is 13.1. The van der Waals surface area contributed by atoms with E-state index in [9.17, 15) is 3.74 Å². The van der Waals surface area contributed by atoms with Crippen molar-refractivity contribution < 1.29 is 29.9 Å². The molecule has 7 nitrogen and oxygen atoms in total. The van der Waals surface area contributed by atoms with E-state index in [1.165, 1.54) is 21.3 Å². The molecule has 0 aliphatic heterocycles. The van der Waals surface area contributed by atoms with Crippen molar-refractivity contribution >= 4 is 14.5 Å². The first-order valence-electron chi connectivity index (χ1n) is 3.24. The van der Waals surface area contributed by atoms with Gasteiger partial charge in [0.25, 0.3) is 0 Å². The Balaban J connectivity index is 4.19. The molecule has 0 aromatic rings. The summed E-state index contributed by atoms with van der Waals surface area (Å²) in [5.74, 6) is -1.57. The van der Waals surface area contributed by atoms with Crippen LogP contribution in [0.1, 0.15) is 0 Å². The van der Waals surface area contributed by atoms with Gasteiger partial charge in [-0.1, -0.05) is 0 Å². The van der Waals surface area contributed by atoms with Crippen LogP contribution in [0.2, 0.25) is 0 Å². The van der Waals surface area contributed by atoms with Crippen LogP contribution in [-0.4, -0.2) is 56.6 Å². The van der Waals surface area contributed by atoms with Crippen molar-refractivity contribution in [2.45, 2.75) is 5.97 Å². The van der Waals surface area contributed by atoms with Crippen LogP contribution in [0.3, 0.4) is 0 Å². The van der Waals surface area contributed by atoms with E-state index >= 15 is 0 Å². The molecule has 0 rings (SSSR count). The molecule has 8 heteroatoms. The van der Waals surface area contributed by atoms with Crippen molar-refractivity contribution in [3.63, 3.8) is 0 Å². The summed E-state index contributed by atoms with van der Waals surface area (Å²) in [7, 11) is 3.80. The van der Waals surface area contributed by atoms with E-state index in [-0.39, 0.29) is 0 Å². The molecule has 2 N–H and O–H groups in total. The van der Waals surface area contributed by atoms with Crippen LogP contribution in [0.25, 0.3) is 0 Å². The second kappa shape index (κ2) is 5.11. The average molecular weight is 260 g/mol. The van der Waals surface area contributed by atoms with Gasteiger partial charge in [-0.3, -0.25) is 0 Å². The third-order valence-corrected chi connectivity index (χ3v) is 2.32. The summed E-state index contributed by atoms with van der Waals surface area (Å²) in [6, 6.07) is 0. The third-order valence-electron chi connectivity index (χ3n) is 1.34. The van der Waals surface area contributed by atoms with Crippen LogP contribution >= 0.6 is 0 Å². The molecular formula is C5H13AsO7. The van der Waals surface area contributed by atoms with Crippen LogP contribution in [0.5, 0.6) is 0 Å². The van der Waals surface area contributed by atoms with E-state index < -0.39 is 27.1 Å². The van der Waals surface area contributed by atoms with Crippen molar-refractivity contribution in [3.05, 3.63) is 0 Å². The van der Waals surface area contributed by atoms with Crippen LogP contribution < -0.4 is 0 Å². The van der Waals surface area contributed by atoms with Gasteiger partial charge in [0.1, 0.15) is 0 Å². The van der Waals surface area contributed by atoms with E-state index in [2.05, 4.69) is 3.73 Å². The molecule has 0 bridgehead atoms. The molecule has 0 saturated carbocycles. The molecule has 0 fully saturated rings. The summed E-state index contributed by atoms with van der Waals surface area (Å²) in [6.07, 6.45) is 0. The van der Waals surface area contributed by atoms with Crippen molar-refractivity contribution in [3.8, 4) is 0 Å². The molecule has 0 atom stereocenters. The maximum absolute atomic E-state index is 10.4. The summed E-state index contributed by atoms with van der Waals surface area (Å²) in [4.78, 5) is 0. The normalized spacial score (nSPS) is 13.3. The Labute approximate surface area is 78.9 Å². The zero-order valence-electron chi connectivity index (χ0n) is 7.59. The molecule has 0 aliphatic rings. The van der Waals surface area contributed by atoms with E-state index in [0.29, 0.717) is 0 Å². The second-order valence-corrected chi connectivity index (χ2v) is 4.66. The number of rotatable bonds is 6. The molecular weight excluding hydrogens is 247 g/mol. The second-order valence-electron chi connectivity index (χ2n) is 2.06. The molecule has 0 heterocycles. The Bertz CT molecular complexity index is 175. The van der Waals surface area contributed by atoms with E-state index in [1.54, 1.807) is 0 Å². The van der Waals surface area contributed by atoms with Gasteiger partial charge in [0.15, 0.2) is 0 Å². The molecule has 0 spiro atoms. The summed E-state index contributed by atoms with van der Waals surface area (Å²) in [5.41, 5.74) is 0. The minimum absolute atomic E-state index is 0.500. The van der Waals surface area contributed by atoms with Gasteiger partial charge in [-0.05, 0) is 0 Å². The van der Waals surface area contributed by atoms with Crippen molar-refractivity contribution in [1.29, 1.82) is 0 Å². The summed E-state index contributed by atoms with van der Waals surface area (Å²) in [5, 5.41) is 0. The minimum atomic E-state index is -5.12. The molecule has 13 heavy (non-hydrogen) atoms. The van der Waals surface area contributed by atoms with E-state index in [1.807, 2.05) is 0 Å². The fourth-order valence-corrected chi connectivity index (χ4v) is 1.27. The predicted molar refractivity (Wildman–Crippen MR) is 40.6 cm³/mol. The zero-order valence-corrected chi connectivity index (χ0v) is 9.47. The Morgan fingerprint density at radius 3 is 1.77 bits per heavy atom. The van der Waals surface area contributed by atoms with Gasteiger partial charge in [0.2, 0.25) is 0 Å². The third kappa shape index (κ3) is 4.78. The predicted octanol–water partition coefficient (Wildman–Crippen LogP) is -1.55. The molecule has 0 amide bonds. The molecule has 0 aromatic carbocycles. The Kier molecular flexibility index (Phi) is 5.16. The van der Waals surface area contributed by atoms with E-state index in [0.717, 1.165) is 0 Å². The Morgan fingerprint density at radius 2 is 1.54 bits per heavy atom. The molecule has 0 aliphatic carbocycles. The van der Waals surface area contributed by atoms with Gasteiger partial charge in [0.05, 0.1) is 0 Å². The van der Waals surface area contributed by atoms with E-state index in [4.69, 9.17) is 22.4 Å². The van der Waals surface area contributed by atoms with Gasteiger partial charge in [-0.15, -0.1) is 0 Å². The van der Waals surface area contributed by atoms with Crippen LogP contribution in [-0.2, 0) is 21.7 Å². The number of methoxy groups -OCH3 is 3. The Hall–Kier alpha value is 0.118. The summed E-state index contributed by atoms with van der Waals surface area (Å²) < 4.78 is 45.7. The quantitative estimate of drug-likeness (QED) is 0.441. The number of hydrogen-bond donors (Lipinski definition) is 2. The first-order chi connectivity index (χ1) is 5.89. The van der Waals surface area contributed by atoms with Crippen LogP contribution in [0.4, 0.5) is 0 Å². The summed E-state index contributed by atoms with van der Waals surface area (Å²) in [6.45, 7) is -0.500. The molecule has 0 unspecified atom stereocenters. The molecule has 80 valence electrons. The number of hydrogen-bond acceptors (Lipinski definition) is 5. The average Bonchev–Trinajstić information content (AvgIpc) is 2.06. The van der Waals surface area contributed by atoms with Crippen LogP contribution in [0.15, 0.2) is 0 Å². The first-order valence-corrected chi connectivity index (χ1v) is 6.46. The van der Waals surface area contributed by atoms with Gasteiger partial charge in [-0.2, -0.15) is 0 Å². The van der Waals surface area contributed by atoms with Crippen molar-refractivity contribution in [2.24, 2.45) is 0 Å². The molecule has 0 aromatic heterocycles. The van der Waals surface area contributed by atoms with Crippen LogP contribution in [0, 0.1) is 0 Å². The monoisotopic (exact) mass is 260 g/mol. The van der Waals surface area contributed by atoms with Gasteiger partial charge in [0, 0.05) is 0 Å². The molecule has 0 radical (unpaired) electrons. The fraction of sp³-hybridized carbons (Fsp3) is 1.00. The topological polar surface area (TPSA) is 94.5 Å². The Morgan fingerprint density at radius 1 is 1.15 bits per heavy atom. The van der Waals surface area contributed by atoms with Crippen molar-refractivity contribution in [1.82, 2.24) is 0 Å². The SMILES string of the molecule is COC(CO[As](=O)(O)O)(OC)OC. The molecule has 0 saturated heterocycles. The fourth-order valence-electron chi connectivity index (χ4n) is 0.590. The van der Waals surface area contributed by atoms with Gasteiger partial charge < -0.3 is 0 Å². The number of ether oxygens (including phenoxy) is 3. The zero-order chi connectivity index (χ0) is 10.5. The van der Waals surface area contributed by atoms with Gasteiger partial charge in [-0.25, -0.2) is 0 Å². The standard InChI is InChI=1S/C5H13AsO7/c1-10-5(11-2,12-3)4-13-6(7,8)9/h4H2,1-3H3,(H2,7,8,9).